The number of nitrogens with zero attached hydrogens (tertiary/aromatic N) is 1. The van der Waals surface area contributed by atoms with Crippen LogP contribution in [0.5, 0.6) is 0 Å². The first-order valence-electron chi connectivity index (χ1n) is 9.67. The Hall–Kier alpha value is -2.82. The Morgan fingerprint density at radius 2 is 1.93 bits per heavy atom. The summed E-state index contributed by atoms with van der Waals surface area (Å²) >= 11 is 0. The summed E-state index contributed by atoms with van der Waals surface area (Å²) in [6, 6.07) is 12.0. The molecule has 1 atom stereocenters. The van der Waals surface area contributed by atoms with Crippen LogP contribution in [0.25, 0.3) is 11.1 Å². The van der Waals surface area contributed by atoms with E-state index < -0.39 is 5.76 Å². The third-order valence-corrected chi connectivity index (χ3v) is 6.15. The molecule has 1 aliphatic carbocycles. The van der Waals surface area contributed by atoms with E-state index in [-0.39, 0.29) is 11.9 Å². The summed E-state index contributed by atoms with van der Waals surface area (Å²) in [5, 5.41) is 0. The molecule has 2 aliphatic rings. The molecule has 0 spiro atoms. The summed E-state index contributed by atoms with van der Waals surface area (Å²) < 4.78 is 5.15. The average molecular weight is 362 g/mol. The van der Waals surface area contributed by atoms with Crippen molar-refractivity contribution in [1.82, 2.24) is 9.88 Å². The van der Waals surface area contributed by atoms with Gasteiger partial charge in [-0.1, -0.05) is 31.0 Å². The maximum Gasteiger partial charge on any atom is 0.417 e. The van der Waals surface area contributed by atoms with Gasteiger partial charge in [0.05, 0.1) is 11.6 Å². The molecule has 1 unspecified atom stereocenters. The molecule has 2 heterocycles. The van der Waals surface area contributed by atoms with Crippen molar-refractivity contribution in [3.8, 4) is 0 Å². The van der Waals surface area contributed by atoms with E-state index in [0.717, 1.165) is 16.7 Å². The van der Waals surface area contributed by atoms with Crippen molar-refractivity contribution in [3.63, 3.8) is 0 Å². The molecule has 3 aromatic rings. The summed E-state index contributed by atoms with van der Waals surface area (Å²) in [6.07, 6.45) is 5.12. The molecule has 5 nitrogen and oxygen atoms in total. The van der Waals surface area contributed by atoms with Crippen molar-refractivity contribution in [2.75, 3.05) is 0 Å². The van der Waals surface area contributed by atoms with Gasteiger partial charge >= 0.3 is 5.76 Å². The Labute approximate surface area is 157 Å². The number of benzene rings is 2. The van der Waals surface area contributed by atoms with Crippen LogP contribution in [0.15, 0.2) is 45.6 Å². The van der Waals surface area contributed by atoms with E-state index in [4.69, 9.17) is 4.42 Å². The van der Waals surface area contributed by atoms with Crippen LogP contribution in [0.3, 0.4) is 0 Å². The number of oxazole rings is 1. The second-order valence-electron chi connectivity index (χ2n) is 7.78. The molecule has 1 fully saturated rings. The summed E-state index contributed by atoms with van der Waals surface area (Å²) in [5.74, 6) is 0.260. The first kappa shape index (κ1) is 16.4. The number of hydrogen-bond donors (Lipinski definition) is 1. The van der Waals surface area contributed by atoms with Gasteiger partial charge in [0.2, 0.25) is 0 Å². The number of hydrogen-bond acceptors (Lipinski definition) is 3. The molecule has 0 radical (unpaired) electrons. The van der Waals surface area contributed by atoms with Crippen molar-refractivity contribution < 1.29 is 9.21 Å². The van der Waals surface area contributed by atoms with Gasteiger partial charge in [0.25, 0.3) is 5.91 Å². The largest absolute Gasteiger partial charge is 0.417 e. The number of rotatable bonds is 3. The van der Waals surface area contributed by atoms with Crippen molar-refractivity contribution >= 4 is 17.0 Å². The van der Waals surface area contributed by atoms with Gasteiger partial charge in [-0.15, -0.1) is 0 Å². The molecule has 138 valence electrons. The normalized spacial score (nSPS) is 20.0. The molecule has 5 heteroatoms. The highest BCUT2D eigenvalue weighted by Gasteiger charge is 2.34. The predicted molar refractivity (Wildman–Crippen MR) is 103 cm³/mol. The minimum Gasteiger partial charge on any atom is -0.408 e. The minimum absolute atomic E-state index is 0.0442. The Balaban J connectivity index is 1.44. The molecule has 0 bridgehead atoms. The van der Waals surface area contributed by atoms with E-state index in [1.54, 1.807) is 0 Å². The van der Waals surface area contributed by atoms with E-state index in [1.165, 1.54) is 31.2 Å². The van der Waals surface area contributed by atoms with Gasteiger partial charge in [0, 0.05) is 12.1 Å². The lowest BCUT2D eigenvalue weighted by atomic mass is 9.93. The van der Waals surface area contributed by atoms with Crippen molar-refractivity contribution in [3.05, 3.63) is 69.2 Å². The number of amides is 1. The first-order chi connectivity index (χ1) is 13.1. The maximum atomic E-state index is 13.0. The summed E-state index contributed by atoms with van der Waals surface area (Å²) in [6.45, 7) is 2.59. The Morgan fingerprint density at radius 1 is 1.11 bits per heavy atom. The van der Waals surface area contributed by atoms with Gasteiger partial charge < -0.3 is 9.32 Å². The lowest BCUT2D eigenvalue weighted by Gasteiger charge is -2.22. The number of fused-ring (bicyclic) bond motifs is 2. The molecule has 1 aliphatic heterocycles. The summed E-state index contributed by atoms with van der Waals surface area (Å²) in [4.78, 5) is 28.8. The van der Waals surface area contributed by atoms with Gasteiger partial charge in [0.15, 0.2) is 5.58 Å². The average Bonchev–Trinajstić information content (AvgIpc) is 3.37. The number of aromatic amines is 1. The van der Waals surface area contributed by atoms with Crippen molar-refractivity contribution in [2.45, 2.75) is 51.1 Å². The van der Waals surface area contributed by atoms with E-state index in [0.29, 0.717) is 23.6 Å². The van der Waals surface area contributed by atoms with Crippen LogP contribution in [0.1, 0.15) is 71.6 Å². The maximum absolute atomic E-state index is 13.0. The van der Waals surface area contributed by atoms with E-state index in [2.05, 4.69) is 24.0 Å². The Bertz CT molecular complexity index is 1090. The zero-order valence-corrected chi connectivity index (χ0v) is 15.3. The first-order valence-corrected chi connectivity index (χ1v) is 9.67. The fraction of sp³-hybridized carbons (Fsp3) is 0.364. The standard InChI is InChI=1S/C22H22N2O3/c1-13-18-11-16(15-4-2-3-5-15)7-8-17(18)21(25)24(13)12-14-6-9-19-20(10-14)27-22(26)23-19/h6-11,13,15H,2-5,12H2,1H3,(H,23,26). The lowest BCUT2D eigenvalue weighted by molar-refractivity contribution is 0.0723. The molecular weight excluding hydrogens is 340 g/mol. The monoisotopic (exact) mass is 362 g/mol. The van der Waals surface area contributed by atoms with Gasteiger partial charge in [0.1, 0.15) is 0 Å². The SMILES string of the molecule is CC1c2cc(C3CCCC3)ccc2C(=O)N1Cc1ccc2[nH]c(=O)oc2c1. The van der Waals surface area contributed by atoms with E-state index in [1.807, 2.05) is 29.2 Å². The topological polar surface area (TPSA) is 66.3 Å². The fourth-order valence-electron chi connectivity index (χ4n) is 4.63. The molecule has 2 aromatic carbocycles. The quantitative estimate of drug-likeness (QED) is 0.746. The molecule has 1 amide bonds. The van der Waals surface area contributed by atoms with Gasteiger partial charge in [-0.3, -0.25) is 9.78 Å². The van der Waals surface area contributed by atoms with Crippen LogP contribution in [0.4, 0.5) is 0 Å². The number of nitrogens with one attached hydrogen (secondary N) is 1. The van der Waals surface area contributed by atoms with Crippen LogP contribution in [0, 0.1) is 0 Å². The highest BCUT2D eigenvalue weighted by Crippen LogP contribution is 2.40. The zero-order chi connectivity index (χ0) is 18.5. The third-order valence-electron chi connectivity index (χ3n) is 6.15. The minimum atomic E-state index is -0.459. The van der Waals surface area contributed by atoms with Gasteiger partial charge in [-0.25, -0.2) is 4.79 Å². The number of aromatic nitrogens is 1. The smallest absolute Gasteiger partial charge is 0.408 e. The zero-order valence-electron chi connectivity index (χ0n) is 15.3. The molecule has 1 aromatic heterocycles. The van der Waals surface area contributed by atoms with E-state index in [9.17, 15) is 9.59 Å². The van der Waals surface area contributed by atoms with Crippen molar-refractivity contribution in [2.24, 2.45) is 0 Å². The lowest BCUT2D eigenvalue weighted by Crippen LogP contribution is -2.26. The van der Waals surface area contributed by atoms with Gasteiger partial charge in [-0.2, -0.15) is 0 Å². The van der Waals surface area contributed by atoms with Crippen LogP contribution >= 0.6 is 0 Å². The van der Waals surface area contributed by atoms with E-state index >= 15 is 0 Å². The number of carbonyl (C=O) groups is 1. The highest BCUT2D eigenvalue weighted by atomic mass is 16.4. The van der Waals surface area contributed by atoms with Crippen LogP contribution in [-0.4, -0.2) is 15.8 Å². The highest BCUT2D eigenvalue weighted by molar-refractivity contribution is 5.99. The number of carbonyl (C=O) groups excluding carboxylic acids is 1. The molecule has 5 rings (SSSR count). The molecule has 1 saturated carbocycles. The molecular formula is C22H22N2O3. The van der Waals surface area contributed by atoms with Crippen LogP contribution in [-0.2, 0) is 6.54 Å². The Morgan fingerprint density at radius 3 is 2.74 bits per heavy atom. The van der Waals surface area contributed by atoms with Gasteiger partial charge in [-0.05, 0) is 60.6 Å². The van der Waals surface area contributed by atoms with Crippen LogP contribution in [0.2, 0.25) is 0 Å². The molecule has 27 heavy (non-hydrogen) atoms. The summed E-state index contributed by atoms with van der Waals surface area (Å²) in [7, 11) is 0. The van der Waals surface area contributed by atoms with Crippen molar-refractivity contribution in [1.29, 1.82) is 0 Å². The Kier molecular flexibility index (Phi) is 3.71. The third kappa shape index (κ3) is 2.69. The molecule has 0 saturated heterocycles. The number of H-pyrrole nitrogens is 1. The predicted octanol–water partition coefficient (Wildman–Crippen LogP) is 4.50. The fourth-order valence-corrected chi connectivity index (χ4v) is 4.63. The molecule has 1 N–H and O–H groups in total. The second kappa shape index (κ2) is 6.12. The van der Waals surface area contributed by atoms with Crippen LogP contribution < -0.4 is 5.76 Å². The summed E-state index contributed by atoms with van der Waals surface area (Å²) in [5.41, 5.74) is 5.49. The second-order valence-corrected chi connectivity index (χ2v) is 7.78.